The Bertz CT molecular complexity index is 1260. The highest BCUT2D eigenvalue weighted by Gasteiger charge is 2.35. The molecule has 3 amide bonds. The SMILES string of the molecule is Cc1ccc(S(=O)(=O)N(Cc2cccc(C)c2)C(=O)N2CCN(C(=O)c3ccco3)CC2)cc1. The molecule has 0 radical (unpaired) electrons. The minimum absolute atomic E-state index is 0.0609. The number of aryl methyl sites for hydroxylation is 2. The predicted octanol–water partition coefficient (Wildman–Crippen LogP) is 3.67. The Morgan fingerprint density at radius 1 is 0.882 bits per heavy atom. The molecule has 0 saturated carbocycles. The molecule has 0 unspecified atom stereocenters. The predicted molar refractivity (Wildman–Crippen MR) is 127 cm³/mol. The highest BCUT2D eigenvalue weighted by molar-refractivity contribution is 7.89. The van der Waals surface area contributed by atoms with Gasteiger partial charge in [0.15, 0.2) is 5.76 Å². The zero-order chi connectivity index (χ0) is 24.3. The van der Waals surface area contributed by atoms with Gasteiger partial charge in [-0.15, -0.1) is 0 Å². The van der Waals surface area contributed by atoms with E-state index < -0.39 is 16.1 Å². The number of carbonyl (C=O) groups excluding carboxylic acids is 2. The maximum absolute atomic E-state index is 13.5. The Kier molecular flexibility index (Phi) is 6.74. The van der Waals surface area contributed by atoms with Crippen molar-refractivity contribution in [3.63, 3.8) is 0 Å². The first kappa shape index (κ1) is 23.6. The number of furan rings is 1. The summed E-state index contributed by atoms with van der Waals surface area (Å²) in [6.45, 7) is 4.72. The van der Waals surface area contributed by atoms with Crippen molar-refractivity contribution in [2.75, 3.05) is 26.2 Å². The highest BCUT2D eigenvalue weighted by atomic mass is 32.2. The third kappa shape index (κ3) is 4.99. The van der Waals surface area contributed by atoms with Crippen LogP contribution < -0.4 is 0 Å². The summed E-state index contributed by atoms with van der Waals surface area (Å²) >= 11 is 0. The highest BCUT2D eigenvalue weighted by Crippen LogP contribution is 2.22. The van der Waals surface area contributed by atoms with Gasteiger partial charge in [0.05, 0.1) is 17.7 Å². The number of urea groups is 1. The van der Waals surface area contributed by atoms with Crippen LogP contribution in [0.1, 0.15) is 27.2 Å². The van der Waals surface area contributed by atoms with E-state index in [1.165, 1.54) is 23.3 Å². The number of hydrogen-bond donors (Lipinski definition) is 0. The van der Waals surface area contributed by atoms with Gasteiger partial charge in [0.2, 0.25) is 0 Å². The molecule has 0 bridgehead atoms. The Hall–Kier alpha value is -3.59. The molecule has 0 N–H and O–H groups in total. The first-order valence-electron chi connectivity index (χ1n) is 11.0. The van der Waals surface area contributed by atoms with E-state index in [1.807, 2.05) is 32.0 Å². The monoisotopic (exact) mass is 481 g/mol. The number of sulfonamides is 1. The van der Waals surface area contributed by atoms with Crippen molar-refractivity contribution >= 4 is 22.0 Å². The molecule has 1 aliphatic heterocycles. The zero-order valence-corrected chi connectivity index (χ0v) is 20.0. The lowest BCUT2D eigenvalue weighted by Crippen LogP contribution is -2.54. The molecular weight excluding hydrogens is 454 g/mol. The second-order valence-electron chi connectivity index (χ2n) is 8.35. The number of amides is 3. The molecule has 2 aromatic carbocycles. The van der Waals surface area contributed by atoms with E-state index in [4.69, 9.17) is 4.42 Å². The standard InChI is InChI=1S/C25H27N3O5S/c1-19-8-10-22(11-9-19)34(31,32)28(18-21-6-3-5-20(2)17-21)25(30)27-14-12-26(13-15-27)24(29)23-7-4-16-33-23/h3-11,16-17H,12-15,18H2,1-2H3. The van der Waals surface area contributed by atoms with Gasteiger partial charge in [-0.1, -0.05) is 47.5 Å². The fraction of sp³-hybridized carbons (Fsp3) is 0.280. The quantitative estimate of drug-likeness (QED) is 0.555. The van der Waals surface area contributed by atoms with Crippen molar-refractivity contribution in [1.29, 1.82) is 0 Å². The van der Waals surface area contributed by atoms with Gasteiger partial charge in [0.1, 0.15) is 0 Å². The second kappa shape index (κ2) is 9.72. The van der Waals surface area contributed by atoms with Crippen molar-refractivity contribution in [2.24, 2.45) is 0 Å². The summed E-state index contributed by atoms with van der Waals surface area (Å²) < 4.78 is 33.2. The third-order valence-corrected chi connectivity index (χ3v) is 7.53. The number of nitrogens with zero attached hydrogens (tertiary/aromatic N) is 3. The summed E-state index contributed by atoms with van der Waals surface area (Å²) in [6, 6.07) is 16.5. The minimum atomic E-state index is -4.10. The van der Waals surface area contributed by atoms with Crippen LogP contribution >= 0.6 is 0 Å². The van der Waals surface area contributed by atoms with E-state index in [2.05, 4.69) is 0 Å². The number of carbonyl (C=O) groups is 2. The van der Waals surface area contributed by atoms with E-state index >= 15 is 0 Å². The van der Waals surface area contributed by atoms with E-state index in [0.717, 1.165) is 21.0 Å². The molecular formula is C25H27N3O5S. The molecule has 0 spiro atoms. The van der Waals surface area contributed by atoms with Crippen LogP contribution in [0.15, 0.2) is 76.2 Å². The number of piperazine rings is 1. The van der Waals surface area contributed by atoms with Gasteiger partial charge in [-0.3, -0.25) is 4.79 Å². The Morgan fingerprint density at radius 2 is 1.56 bits per heavy atom. The average molecular weight is 482 g/mol. The lowest BCUT2D eigenvalue weighted by Gasteiger charge is -2.37. The van der Waals surface area contributed by atoms with E-state index in [-0.39, 0.29) is 49.3 Å². The van der Waals surface area contributed by atoms with Gasteiger partial charge in [0.25, 0.3) is 15.9 Å². The lowest BCUT2D eigenvalue weighted by atomic mass is 10.1. The van der Waals surface area contributed by atoms with Crippen LogP contribution in [0.3, 0.4) is 0 Å². The summed E-state index contributed by atoms with van der Waals surface area (Å²) in [4.78, 5) is 29.2. The van der Waals surface area contributed by atoms with Crippen LogP contribution in [0.4, 0.5) is 4.79 Å². The van der Waals surface area contributed by atoms with E-state index in [0.29, 0.717) is 0 Å². The van der Waals surface area contributed by atoms with Crippen LogP contribution in [0.25, 0.3) is 0 Å². The second-order valence-corrected chi connectivity index (χ2v) is 10.2. The van der Waals surface area contributed by atoms with Crippen LogP contribution in [-0.2, 0) is 16.6 Å². The Balaban J connectivity index is 1.56. The molecule has 178 valence electrons. The van der Waals surface area contributed by atoms with Crippen LogP contribution in [0, 0.1) is 13.8 Å². The van der Waals surface area contributed by atoms with Crippen molar-refractivity contribution in [1.82, 2.24) is 14.1 Å². The van der Waals surface area contributed by atoms with Crippen LogP contribution in [0.2, 0.25) is 0 Å². The van der Waals surface area contributed by atoms with Gasteiger partial charge in [-0.25, -0.2) is 17.5 Å². The van der Waals surface area contributed by atoms with Gasteiger partial charge in [-0.2, -0.15) is 0 Å². The summed E-state index contributed by atoms with van der Waals surface area (Å²) in [7, 11) is -4.10. The molecule has 0 atom stereocenters. The third-order valence-electron chi connectivity index (χ3n) is 5.80. The molecule has 2 heterocycles. The Labute approximate surface area is 199 Å². The number of hydrogen-bond acceptors (Lipinski definition) is 5. The van der Waals surface area contributed by atoms with Crippen molar-refractivity contribution in [3.05, 3.63) is 89.4 Å². The number of rotatable bonds is 5. The van der Waals surface area contributed by atoms with Crippen molar-refractivity contribution < 1.29 is 22.4 Å². The summed E-state index contributed by atoms with van der Waals surface area (Å²) in [5, 5.41) is 0. The summed E-state index contributed by atoms with van der Waals surface area (Å²) in [5.74, 6) is -0.0104. The molecule has 1 aromatic heterocycles. The maximum Gasteiger partial charge on any atom is 0.334 e. The van der Waals surface area contributed by atoms with E-state index in [1.54, 1.807) is 35.2 Å². The molecule has 34 heavy (non-hydrogen) atoms. The fourth-order valence-electron chi connectivity index (χ4n) is 3.88. The van der Waals surface area contributed by atoms with E-state index in [9.17, 15) is 18.0 Å². The van der Waals surface area contributed by atoms with Gasteiger partial charge >= 0.3 is 6.03 Å². The summed E-state index contributed by atoms with van der Waals surface area (Å²) in [5.41, 5.74) is 2.62. The molecule has 1 fully saturated rings. The fourth-order valence-corrected chi connectivity index (χ4v) is 5.26. The summed E-state index contributed by atoms with van der Waals surface area (Å²) in [6.07, 6.45) is 1.44. The smallest absolute Gasteiger partial charge is 0.334 e. The largest absolute Gasteiger partial charge is 0.459 e. The minimum Gasteiger partial charge on any atom is -0.459 e. The molecule has 1 aliphatic rings. The molecule has 0 aliphatic carbocycles. The average Bonchev–Trinajstić information content (AvgIpc) is 3.37. The van der Waals surface area contributed by atoms with Crippen LogP contribution in [-0.4, -0.2) is 60.6 Å². The Morgan fingerprint density at radius 3 is 2.18 bits per heavy atom. The van der Waals surface area contributed by atoms with Crippen molar-refractivity contribution in [3.8, 4) is 0 Å². The van der Waals surface area contributed by atoms with Gasteiger partial charge in [0, 0.05) is 26.2 Å². The normalized spacial score (nSPS) is 14.2. The molecule has 1 saturated heterocycles. The van der Waals surface area contributed by atoms with Gasteiger partial charge < -0.3 is 14.2 Å². The first-order valence-corrected chi connectivity index (χ1v) is 12.5. The number of benzene rings is 2. The zero-order valence-electron chi connectivity index (χ0n) is 19.2. The van der Waals surface area contributed by atoms with Crippen LogP contribution in [0.5, 0.6) is 0 Å². The molecule has 3 aromatic rings. The lowest BCUT2D eigenvalue weighted by molar-refractivity contribution is 0.0623. The van der Waals surface area contributed by atoms with Crippen molar-refractivity contribution in [2.45, 2.75) is 25.3 Å². The topological polar surface area (TPSA) is 91.1 Å². The first-order chi connectivity index (χ1) is 16.3. The van der Waals surface area contributed by atoms with Gasteiger partial charge in [-0.05, 0) is 43.7 Å². The maximum atomic E-state index is 13.5. The molecule has 4 rings (SSSR count). The molecule has 9 heteroatoms. The molecule has 8 nitrogen and oxygen atoms in total.